The van der Waals surface area contributed by atoms with Gasteiger partial charge in [0.15, 0.2) is 0 Å². The van der Waals surface area contributed by atoms with Crippen LogP contribution in [0.25, 0.3) is 0 Å². The lowest BCUT2D eigenvalue weighted by molar-refractivity contribution is 0.0693. The van der Waals surface area contributed by atoms with E-state index in [1.807, 2.05) is 12.1 Å². The number of benzene rings is 1. The van der Waals surface area contributed by atoms with Crippen LogP contribution in [0.2, 0.25) is 0 Å². The average Bonchev–Trinajstić information content (AvgIpc) is 2.72. The fourth-order valence-electron chi connectivity index (χ4n) is 2.61. The molecule has 0 saturated carbocycles. The SMILES string of the molecule is CCCCN(CCCC)c1ccc2c(c1)C(=O)N(C)C2=O. The number of anilines is 1. The highest BCUT2D eigenvalue weighted by Crippen LogP contribution is 2.27. The minimum atomic E-state index is -0.199. The maximum absolute atomic E-state index is 12.1. The van der Waals surface area contributed by atoms with Crippen molar-refractivity contribution in [1.29, 1.82) is 0 Å². The molecule has 0 unspecified atom stereocenters. The zero-order valence-corrected chi connectivity index (χ0v) is 13.2. The molecule has 1 aromatic carbocycles. The number of fused-ring (bicyclic) bond motifs is 1. The molecular weight excluding hydrogens is 264 g/mol. The third-order valence-corrected chi connectivity index (χ3v) is 4.00. The number of hydrogen-bond acceptors (Lipinski definition) is 3. The van der Waals surface area contributed by atoms with Gasteiger partial charge in [0.2, 0.25) is 0 Å². The molecule has 4 heteroatoms. The molecular formula is C17H24N2O2. The van der Waals surface area contributed by atoms with E-state index in [1.54, 1.807) is 6.07 Å². The molecule has 4 nitrogen and oxygen atoms in total. The minimum Gasteiger partial charge on any atom is -0.372 e. The van der Waals surface area contributed by atoms with Crippen molar-refractivity contribution in [3.63, 3.8) is 0 Å². The van der Waals surface area contributed by atoms with Gasteiger partial charge in [-0.15, -0.1) is 0 Å². The smallest absolute Gasteiger partial charge is 0.261 e. The summed E-state index contributed by atoms with van der Waals surface area (Å²) < 4.78 is 0. The van der Waals surface area contributed by atoms with Crippen molar-refractivity contribution in [1.82, 2.24) is 4.90 Å². The van der Waals surface area contributed by atoms with Crippen molar-refractivity contribution in [2.45, 2.75) is 39.5 Å². The third kappa shape index (κ3) is 3.09. The van der Waals surface area contributed by atoms with Crippen LogP contribution in [0.4, 0.5) is 5.69 Å². The van der Waals surface area contributed by atoms with Gasteiger partial charge in [-0.1, -0.05) is 26.7 Å². The van der Waals surface area contributed by atoms with Gasteiger partial charge in [-0.3, -0.25) is 14.5 Å². The van der Waals surface area contributed by atoms with Gasteiger partial charge in [-0.25, -0.2) is 0 Å². The summed E-state index contributed by atoms with van der Waals surface area (Å²) in [6.45, 7) is 6.34. The number of imide groups is 1. The average molecular weight is 288 g/mol. The molecule has 0 aromatic heterocycles. The molecule has 0 spiro atoms. The third-order valence-electron chi connectivity index (χ3n) is 4.00. The summed E-state index contributed by atoms with van der Waals surface area (Å²) in [5, 5.41) is 0. The molecule has 21 heavy (non-hydrogen) atoms. The van der Waals surface area contributed by atoms with Gasteiger partial charge < -0.3 is 4.90 Å². The van der Waals surface area contributed by atoms with E-state index < -0.39 is 0 Å². The van der Waals surface area contributed by atoms with Crippen molar-refractivity contribution in [3.8, 4) is 0 Å². The number of amides is 2. The van der Waals surface area contributed by atoms with Crippen molar-refractivity contribution in [3.05, 3.63) is 29.3 Å². The largest absolute Gasteiger partial charge is 0.372 e. The molecule has 0 atom stereocenters. The summed E-state index contributed by atoms with van der Waals surface area (Å²) in [5.41, 5.74) is 2.11. The highest BCUT2D eigenvalue weighted by Gasteiger charge is 2.33. The Kier molecular flexibility index (Phi) is 4.99. The molecule has 0 bridgehead atoms. The highest BCUT2D eigenvalue weighted by molar-refractivity contribution is 6.21. The predicted octanol–water partition coefficient (Wildman–Crippen LogP) is 3.32. The molecule has 1 aliphatic rings. The van der Waals surface area contributed by atoms with E-state index in [0.717, 1.165) is 44.5 Å². The van der Waals surface area contributed by atoms with E-state index in [0.29, 0.717) is 11.1 Å². The molecule has 1 aromatic rings. The number of rotatable bonds is 7. The van der Waals surface area contributed by atoms with E-state index in [1.165, 1.54) is 11.9 Å². The lowest BCUT2D eigenvalue weighted by Gasteiger charge is -2.25. The number of hydrogen-bond donors (Lipinski definition) is 0. The van der Waals surface area contributed by atoms with Crippen LogP contribution in [0.3, 0.4) is 0 Å². The molecule has 0 fully saturated rings. The predicted molar refractivity (Wildman–Crippen MR) is 84.9 cm³/mol. The van der Waals surface area contributed by atoms with E-state index in [4.69, 9.17) is 0 Å². The minimum absolute atomic E-state index is 0.192. The van der Waals surface area contributed by atoms with Gasteiger partial charge in [-0.2, -0.15) is 0 Å². The van der Waals surface area contributed by atoms with Crippen LogP contribution in [0.5, 0.6) is 0 Å². The summed E-state index contributed by atoms with van der Waals surface area (Å²) in [6, 6.07) is 5.64. The summed E-state index contributed by atoms with van der Waals surface area (Å²) in [4.78, 5) is 27.5. The highest BCUT2D eigenvalue weighted by atomic mass is 16.2. The van der Waals surface area contributed by atoms with Crippen LogP contribution in [0.15, 0.2) is 18.2 Å². The molecule has 0 radical (unpaired) electrons. The maximum atomic E-state index is 12.1. The van der Waals surface area contributed by atoms with Crippen molar-refractivity contribution in [2.24, 2.45) is 0 Å². The monoisotopic (exact) mass is 288 g/mol. The zero-order chi connectivity index (χ0) is 15.4. The molecule has 0 aliphatic carbocycles. The topological polar surface area (TPSA) is 40.6 Å². The second-order valence-electron chi connectivity index (χ2n) is 5.59. The Balaban J connectivity index is 2.27. The molecule has 1 aliphatic heterocycles. The summed E-state index contributed by atoms with van der Waals surface area (Å²) >= 11 is 0. The first-order valence-corrected chi connectivity index (χ1v) is 7.81. The zero-order valence-electron chi connectivity index (χ0n) is 13.2. The molecule has 2 rings (SSSR count). The first-order chi connectivity index (χ1) is 10.1. The first kappa shape index (κ1) is 15.5. The van der Waals surface area contributed by atoms with E-state index >= 15 is 0 Å². The Hall–Kier alpha value is -1.84. The van der Waals surface area contributed by atoms with Crippen molar-refractivity contribution in [2.75, 3.05) is 25.0 Å². The normalized spacial score (nSPS) is 13.8. The van der Waals surface area contributed by atoms with E-state index in [9.17, 15) is 9.59 Å². The first-order valence-electron chi connectivity index (χ1n) is 7.81. The van der Waals surface area contributed by atoms with Gasteiger partial charge >= 0.3 is 0 Å². The summed E-state index contributed by atoms with van der Waals surface area (Å²) in [6.07, 6.45) is 4.56. The maximum Gasteiger partial charge on any atom is 0.261 e. The second-order valence-corrected chi connectivity index (χ2v) is 5.59. The molecule has 2 amide bonds. The number of unbranched alkanes of at least 4 members (excludes halogenated alkanes) is 2. The Morgan fingerprint density at radius 1 is 0.952 bits per heavy atom. The number of carbonyl (C=O) groups is 2. The fourth-order valence-corrected chi connectivity index (χ4v) is 2.61. The molecule has 0 N–H and O–H groups in total. The van der Waals surface area contributed by atoms with Crippen LogP contribution in [0.1, 0.15) is 60.2 Å². The van der Waals surface area contributed by atoms with Crippen molar-refractivity contribution >= 4 is 17.5 Å². The van der Waals surface area contributed by atoms with Gasteiger partial charge in [0, 0.05) is 25.8 Å². The lowest BCUT2D eigenvalue weighted by Crippen LogP contribution is -2.26. The molecule has 1 heterocycles. The standard InChI is InChI=1S/C17H24N2O2/c1-4-6-10-19(11-7-5-2)13-8-9-14-15(12-13)17(21)18(3)16(14)20/h8-9,12H,4-7,10-11H2,1-3H3. The fraction of sp³-hybridized carbons (Fsp3) is 0.529. The Bertz CT molecular complexity index is 532. The quantitative estimate of drug-likeness (QED) is 0.723. The van der Waals surface area contributed by atoms with Gasteiger partial charge in [0.1, 0.15) is 0 Å². The molecule has 114 valence electrons. The van der Waals surface area contributed by atoms with Crippen LogP contribution in [-0.2, 0) is 0 Å². The number of carbonyl (C=O) groups excluding carboxylic acids is 2. The van der Waals surface area contributed by atoms with Gasteiger partial charge in [0.05, 0.1) is 11.1 Å². The Morgan fingerprint density at radius 3 is 2.10 bits per heavy atom. The second kappa shape index (κ2) is 6.74. The van der Waals surface area contributed by atoms with Crippen LogP contribution in [-0.4, -0.2) is 36.9 Å². The summed E-state index contributed by atoms with van der Waals surface area (Å²) in [7, 11) is 1.54. The van der Waals surface area contributed by atoms with Crippen LogP contribution >= 0.6 is 0 Å². The van der Waals surface area contributed by atoms with Gasteiger partial charge in [0.25, 0.3) is 11.8 Å². The Labute approximate surface area is 126 Å². The van der Waals surface area contributed by atoms with Crippen molar-refractivity contribution < 1.29 is 9.59 Å². The van der Waals surface area contributed by atoms with Crippen LogP contribution < -0.4 is 4.90 Å². The van der Waals surface area contributed by atoms with E-state index in [2.05, 4.69) is 18.7 Å². The van der Waals surface area contributed by atoms with Gasteiger partial charge in [-0.05, 0) is 31.0 Å². The number of nitrogens with zero attached hydrogens (tertiary/aromatic N) is 2. The Morgan fingerprint density at radius 2 is 1.52 bits per heavy atom. The molecule has 0 saturated heterocycles. The van der Waals surface area contributed by atoms with Crippen LogP contribution in [0, 0.1) is 0 Å². The lowest BCUT2D eigenvalue weighted by atomic mass is 10.1. The summed E-state index contributed by atoms with van der Waals surface area (Å²) in [5.74, 6) is -0.391. The van der Waals surface area contributed by atoms with E-state index in [-0.39, 0.29) is 11.8 Å².